The SMILES string of the molecule is COc1ccncc1CCCOc1ccccc1C(=O)O. The van der Waals surface area contributed by atoms with Crippen molar-refractivity contribution >= 4 is 5.97 Å². The van der Waals surface area contributed by atoms with Crippen LogP contribution >= 0.6 is 0 Å². The van der Waals surface area contributed by atoms with E-state index in [1.807, 2.05) is 6.07 Å². The van der Waals surface area contributed by atoms with E-state index in [-0.39, 0.29) is 5.56 Å². The molecule has 2 aromatic rings. The van der Waals surface area contributed by atoms with Crippen molar-refractivity contribution in [1.29, 1.82) is 0 Å². The molecule has 1 aromatic carbocycles. The number of aromatic nitrogens is 1. The zero-order valence-electron chi connectivity index (χ0n) is 11.8. The van der Waals surface area contributed by atoms with E-state index in [4.69, 9.17) is 14.6 Å². The van der Waals surface area contributed by atoms with E-state index in [2.05, 4.69) is 4.98 Å². The molecule has 1 N–H and O–H groups in total. The third-order valence-corrected chi connectivity index (χ3v) is 3.04. The van der Waals surface area contributed by atoms with E-state index in [0.717, 1.165) is 24.2 Å². The van der Waals surface area contributed by atoms with Crippen molar-refractivity contribution in [3.05, 3.63) is 53.9 Å². The second-order valence-corrected chi connectivity index (χ2v) is 4.44. The maximum absolute atomic E-state index is 11.1. The standard InChI is InChI=1S/C16H17NO4/c1-20-14-8-9-17-11-12(14)5-4-10-21-15-7-3-2-6-13(15)16(18)19/h2-3,6-9,11H,4-5,10H2,1H3,(H,18,19). The summed E-state index contributed by atoms with van der Waals surface area (Å²) in [4.78, 5) is 15.1. The highest BCUT2D eigenvalue weighted by Gasteiger charge is 2.10. The highest BCUT2D eigenvalue weighted by Crippen LogP contribution is 2.20. The Balaban J connectivity index is 1.89. The third-order valence-electron chi connectivity index (χ3n) is 3.04. The van der Waals surface area contributed by atoms with Crippen LogP contribution in [0.25, 0.3) is 0 Å². The fourth-order valence-electron chi connectivity index (χ4n) is 2.02. The van der Waals surface area contributed by atoms with Crippen LogP contribution in [0.4, 0.5) is 0 Å². The maximum atomic E-state index is 11.1. The number of nitrogens with zero attached hydrogens (tertiary/aromatic N) is 1. The number of aromatic carboxylic acids is 1. The molecule has 0 aliphatic carbocycles. The van der Waals surface area contributed by atoms with E-state index in [0.29, 0.717) is 12.4 Å². The summed E-state index contributed by atoms with van der Waals surface area (Å²) in [6.45, 7) is 0.433. The zero-order valence-corrected chi connectivity index (χ0v) is 11.8. The maximum Gasteiger partial charge on any atom is 0.339 e. The lowest BCUT2D eigenvalue weighted by Crippen LogP contribution is -2.05. The lowest BCUT2D eigenvalue weighted by atomic mass is 10.1. The van der Waals surface area contributed by atoms with Gasteiger partial charge in [-0.05, 0) is 31.0 Å². The number of methoxy groups -OCH3 is 1. The van der Waals surface area contributed by atoms with Gasteiger partial charge in [0.05, 0.1) is 13.7 Å². The molecule has 0 aliphatic heterocycles. The van der Waals surface area contributed by atoms with Crippen molar-refractivity contribution in [2.24, 2.45) is 0 Å². The summed E-state index contributed by atoms with van der Waals surface area (Å²) in [7, 11) is 1.62. The smallest absolute Gasteiger partial charge is 0.339 e. The molecule has 0 fully saturated rings. The normalized spacial score (nSPS) is 10.1. The molecule has 1 aromatic heterocycles. The third kappa shape index (κ3) is 3.95. The predicted octanol–water partition coefficient (Wildman–Crippen LogP) is 2.80. The molecule has 5 nitrogen and oxygen atoms in total. The molecule has 2 rings (SSSR count). The van der Waals surface area contributed by atoms with Crippen molar-refractivity contribution in [2.75, 3.05) is 13.7 Å². The van der Waals surface area contributed by atoms with Gasteiger partial charge in [0.2, 0.25) is 0 Å². The number of benzene rings is 1. The summed E-state index contributed by atoms with van der Waals surface area (Å²) in [5, 5.41) is 9.06. The highest BCUT2D eigenvalue weighted by molar-refractivity contribution is 5.90. The van der Waals surface area contributed by atoms with Crippen LogP contribution < -0.4 is 9.47 Å². The molecule has 0 aliphatic rings. The van der Waals surface area contributed by atoms with Crippen molar-refractivity contribution in [3.63, 3.8) is 0 Å². The van der Waals surface area contributed by atoms with E-state index in [9.17, 15) is 4.79 Å². The van der Waals surface area contributed by atoms with Gasteiger partial charge in [-0.25, -0.2) is 4.79 Å². The van der Waals surface area contributed by atoms with Gasteiger partial charge in [-0.3, -0.25) is 4.98 Å². The molecule has 0 atom stereocenters. The van der Waals surface area contributed by atoms with Gasteiger partial charge >= 0.3 is 5.97 Å². The number of carboxylic acids is 1. The number of pyridine rings is 1. The number of ether oxygens (including phenoxy) is 2. The van der Waals surface area contributed by atoms with Crippen LogP contribution in [0.1, 0.15) is 22.3 Å². The quantitative estimate of drug-likeness (QED) is 0.793. The van der Waals surface area contributed by atoms with Crippen molar-refractivity contribution < 1.29 is 19.4 Å². The van der Waals surface area contributed by atoms with Gasteiger partial charge in [-0.2, -0.15) is 0 Å². The van der Waals surface area contributed by atoms with Gasteiger partial charge in [-0.1, -0.05) is 12.1 Å². The lowest BCUT2D eigenvalue weighted by molar-refractivity contribution is 0.0692. The van der Waals surface area contributed by atoms with Crippen molar-refractivity contribution in [1.82, 2.24) is 4.98 Å². The van der Waals surface area contributed by atoms with Crippen molar-refractivity contribution in [2.45, 2.75) is 12.8 Å². The van der Waals surface area contributed by atoms with Gasteiger partial charge in [-0.15, -0.1) is 0 Å². The number of hydrogen-bond donors (Lipinski definition) is 1. The average molecular weight is 287 g/mol. The number of rotatable bonds is 7. The second-order valence-electron chi connectivity index (χ2n) is 4.44. The molecule has 0 bridgehead atoms. The summed E-state index contributed by atoms with van der Waals surface area (Å²) in [6, 6.07) is 8.44. The van der Waals surface area contributed by atoms with E-state index in [1.165, 1.54) is 6.07 Å². The van der Waals surface area contributed by atoms with E-state index >= 15 is 0 Å². The Morgan fingerprint density at radius 2 is 2.05 bits per heavy atom. The number of hydrogen-bond acceptors (Lipinski definition) is 4. The molecule has 0 unspecified atom stereocenters. The Labute approximate surface area is 123 Å². The van der Waals surface area contributed by atoms with Gasteiger partial charge in [0.15, 0.2) is 0 Å². The first-order valence-corrected chi connectivity index (χ1v) is 6.64. The minimum atomic E-state index is -0.987. The monoisotopic (exact) mass is 287 g/mol. The van der Waals surface area contributed by atoms with Gasteiger partial charge in [0.1, 0.15) is 17.1 Å². The molecule has 0 spiro atoms. The minimum Gasteiger partial charge on any atom is -0.496 e. The molecule has 1 heterocycles. The Kier molecular flexibility index (Phi) is 5.15. The van der Waals surface area contributed by atoms with Crippen LogP contribution in [0.5, 0.6) is 11.5 Å². The molecular formula is C16H17NO4. The van der Waals surface area contributed by atoms with Crippen LogP contribution in [-0.4, -0.2) is 29.8 Å². The number of carboxylic acid groups (broad SMARTS) is 1. The molecule has 0 saturated heterocycles. The van der Waals surface area contributed by atoms with Crippen LogP contribution in [-0.2, 0) is 6.42 Å². The fourth-order valence-corrected chi connectivity index (χ4v) is 2.02. The predicted molar refractivity (Wildman–Crippen MR) is 78.0 cm³/mol. The van der Waals surface area contributed by atoms with Crippen LogP contribution in [0.15, 0.2) is 42.7 Å². The number of para-hydroxylation sites is 1. The van der Waals surface area contributed by atoms with Crippen LogP contribution in [0.2, 0.25) is 0 Å². The minimum absolute atomic E-state index is 0.177. The number of carbonyl (C=O) groups is 1. The largest absolute Gasteiger partial charge is 0.496 e. The average Bonchev–Trinajstić information content (AvgIpc) is 2.52. The fraction of sp³-hybridized carbons (Fsp3) is 0.250. The summed E-state index contributed by atoms with van der Waals surface area (Å²) in [6.07, 6.45) is 4.95. The molecular weight excluding hydrogens is 270 g/mol. The summed E-state index contributed by atoms with van der Waals surface area (Å²) >= 11 is 0. The van der Waals surface area contributed by atoms with Gasteiger partial charge < -0.3 is 14.6 Å². The molecule has 0 radical (unpaired) electrons. The topological polar surface area (TPSA) is 68.7 Å². The zero-order chi connectivity index (χ0) is 15.1. The van der Waals surface area contributed by atoms with E-state index < -0.39 is 5.97 Å². The van der Waals surface area contributed by atoms with E-state index in [1.54, 1.807) is 37.7 Å². The first-order chi connectivity index (χ1) is 10.2. The molecule has 21 heavy (non-hydrogen) atoms. The lowest BCUT2D eigenvalue weighted by Gasteiger charge is -2.10. The van der Waals surface area contributed by atoms with Gasteiger partial charge in [0, 0.05) is 18.0 Å². The molecule has 0 saturated carbocycles. The Morgan fingerprint density at radius 1 is 1.24 bits per heavy atom. The summed E-state index contributed by atoms with van der Waals surface area (Å²) in [5.74, 6) is 0.207. The van der Waals surface area contributed by atoms with Gasteiger partial charge in [0.25, 0.3) is 0 Å². The summed E-state index contributed by atoms with van der Waals surface area (Å²) < 4.78 is 10.8. The first kappa shape index (κ1) is 14.8. The molecule has 110 valence electrons. The Morgan fingerprint density at radius 3 is 2.81 bits per heavy atom. The molecule has 0 amide bonds. The van der Waals surface area contributed by atoms with Crippen molar-refractivity contribution in [3.8, 4) is 11.5 Å². The number of aryl methyl sites for hydroxylation is 1. The Hall–Kier alpha value is -2.56. The van der Waals surface area contributed by atoms with Crippen LogP contribution in [0, 0.1) is 0 Å². The second kappa shape index (κ2) is 7.28. The Bertz CT molecular complexity index is 613. The van der Waals surface area contributed by atoms with Crippen LogP contribution in [0.3, 0.4) is 0 Å². The first-order valence-electron chi connectivity index (χ1n) is 6.64. The molecule has 5 heteroatoms. The summed E-state index contributed by atoms with van der Waals surface area (Å²) in [5.41, 5.74) is 1.19. The highest BCUT2D eigenvalue weighted by atomic mass is 16.5.